The number of nitrogens with one attached hydrogen (secondary N) is 1. The zero-order valence-electron chi connectivity index (χ0n) is 9.99. The molecule has 1 saturated heterocycles. The molecule has 0 spiro atoms. The van der Waals surface area contributed by atoms with Crippen LogP contribution in [-0.2, 0) is 10.3 Å². The van der Waals surface area contributed by atoms with Crippen molar-refractivity contribution in [1.82, 2.24) is 5.32 Å². The van der Waals surface area contributed by atoms with E-state index in [9.17, 15) is 0 Å². The Morgan fingerprint density at radius 1 is 1.12 bits per heavy atom. The van der Waals surface area contributed by atoms with Crippen molar-refractivity contribution in [2.45, 2.75) is 12.0 Å². The second kappa shape index (κ2) is 4.20. The third kappa shape index (κ3) is 1.77. The Bertz CT molecular complexity index is 410. The fourth-order valence-corrected chi connectivity index (χ4v) is 2.22. The van der Waals surface area contributed by atoms with Gasteiger partial charge in [-0.15, -0.1) is 0 Å². The maximum Gasteiger partial charge on any atom is 0.161 e. The Morgan fingerprint density at radius 2 is 1.88 bits per heavy atom. The molecule has 4 nitrogen and oxygen atoms in total. The quantitative estimate of drug-likeness (QED) is 0.838. The summed E-state index contributed by atoms with van der Waals surface area (Å²) in [5.41, 5.74) is 1.15. The van der Waals surface area contributed by atoms with Gasteiger partial charge in [-0.05, 0) is 24.7 Å². The van der Waals surface area contributed by atoms with E-state index in [-0.39, 0.29) is 5.54 Å². The van der Waals surface area contributed by atoms with Crippen LogP contribution in [0.1, 0.15) is 12.0 Å². The van der Waals surface area contributed by atoms with Gasteiger partial charge in [0.25, 0.3) is 0 Å². The number of hydrogen-bond acceptors (Lipinski definition) is 4. The molecule has 2 aliphatic heterocycles. The van der Waals surface area contributed by atoms with Crippen LogP contribution in [0.2, 0.25) is 0 Å². The van der Waals surface area contributed by atoms with Gasteiger partial charge in [0.15, 0.2) is 11.5 Å². The van der Waals surface area contributed by atoms with Crippen LogP contribution < -0.4 is 14.8 Å². The second-order valence-corrected chi connectivity index (χ2v) is 4.54. The number of fused-ring (bicyclic) bond motifs is 1. The summed E-state index contributed by atoms with van der Waals surface area (Å²) in [4.78, 5) is 0. The van der Waals surface area contributed by atoms with Crippen LogP contribution in [0.3, 0.4) is 0 Å². The van der Waals surface area contributed by atoms with E-state index < -0.39 is 0 Å². The molecule has 2 aliphatic rings. The first kappa shape index (κ1) is 10.9. The minimum absolute atomic E-state index is 0.0509. The zero-order valence-corrected chi connectivity index (χ0v) is 9.99. The summed E-state index contributed by atoms with van der Waals surface area (Å²) in [5.74, 6) is 1.69. The fraction of sp³-hybridized carbons (Fsp3) is 0.538. The predicted molar refractivity (Wildman–Crippen MR) is 63.6 cm³/mol. The average Bonchev–Trinajstić information content (AvgIpc) is 2.53. The molecule has 1 fully saturated rings. The van der Waals surface area contributed by atoms with Crippen molar-refractivity contribution in [1.29, 1.82) is 0 Å². The first-order chi connectivity index (χ1) is 8.34. The second-order valence-electron chi connectivity index (χ2n) is 4.54. The minimum atomic E-state index is -0.0509. The van der Waals surface area contributed by atoms with E-state index in [1.165, 1.54) is 5.56 Å². The number of ether oxygens (including phenoxy) is 3. The summed E-state index contributed by atoms with van der Waals surface area (Å²) in [6, 6.07) is 6.15. The molecule has 0 aromatic heterocycles. The van der Waals surface area contributed by atoms with Gasteiger partial charge in [-0.2, -0.15) is 0 Å². The summed E-state index contributed by atoms with van der Waals surface area (Å²) in [6.07, 6.45) is 0.935. The van der Waals surface area contributed by atoms with Crippen molar-refractivity contribution in [2.75, 3.05) is 33.5 Å². The third-order valence-corrected chi connectivity index (χ3v) is 3.48. The lowest BCUT2D eigenvalue weighted by atomic mass is 9.88. The van der Waals surface area contributed by atoms with E-state index in [0.29, 0.717) is 13.2 Å². The van der Waals surface area contributed by atoms with E-state index in [2.05, 4.69) is 17.4 Å². The highest BCUT2D eigenvalue weighted by Crippen LogP contribution is 2.36. The molecule has 0 radical (unpaired) electrons. The summed E-state index contributed by atoms with van der Waals surface area (Å²) < 4.78 is 16.6. The molecule has 4 heteroatoms. The summed E-state index contributed by atoms with van der Waals surface area (Å²) in [7, 11) is 1.96. The first-order valence-electron chi connectivity index (χ1n) is 6.01. The molecule has 0 amide bonds. The van der Waals surface area contributed by atoms with E-state index in [0.717, 1.165) is 31.1 Å². The van der Waals surface area contributed by atoms with Crippen molar-refractivity contribution < 1.29 is 14.2 Å². The van der Waals surface area contributed by atoms with E-state index in [1.807, 2.05) is 13.1 Å². The number of rotatable bonds is 2. The Hall–Kier alpha value is -1.26. The SMILES string of the molecule is CNC1(c2ccc3c(c2)OCCCO3)COC1. The summed E-state index contributed by atoms with van der Waals surface area (Å²) >= 11 is 0. The molecule has 0 bridgehead atoms. The maximum absolute atomic E-state index is 5.70. The van der Waals surface area contributed by atoms with Gasteiger partial charge in [0, 0.05) is 6.42 Å². The van der Waals surface area contributed by atoms with Gasteiger partial charge in [0.2, 0.25) is 0 Å². The molecule has 17 heavy (non-hydrogen) atoms. The van der Waals surface area contributed by atoms with Gasteiger partial charge >= 0.3 is 0 Å². The topological polar surface area (TPSA) is 39.7 Å². The van der Waals surface area contributed by atoms with Gasteiger partial charge in [0.1, 0.15) is 0 Å². The lowest BCUT2D eigenvalue weighted by Crippen LogP contribution is -2.56. The van der Waals surface area contributed by atoms with Crippen molar-refractivity contribution in [3.63, 3.8) is 0 Å². The van der Waals surface area contributed by atoms with E-state index >= 15 is 0 Å². The Labute approximate surface area is 101 Å². The summed E-state index contributed by atoms with van der Waals surface area (Å²) in [6.45, 7) is 2.87. The van der Waals surface area contributed by atoms with Crippen LogP contribution in [0.4, 0.5) is 0 Å². The molecule has 1 aromatic rings. The standard InChI is InChI=1S/C13H17NO3/c1-14-13(8-15-9-13)10-3-4-11-12(7-10)17-6-2-5-16-11/h3-4,7,14H,2,5-6,8-9H2,1H3. The zero-order chi connectivity index (χ0) is 11.7. The molecule has 92 valence electrons. The van der Waals surface area contributed by atoms with Crippen molar-refractivity contribution in [2.24, 2.45) is 0 Å². The minimum Gasteiger partial charge on any atom is -0.490 e. The van der Waals surface area contributed by atoms with Crippen LogP contribution in [0, 0.1) is 0 Å². The third-order valence-electron chi connectivity index (χ3n) is 3.48. The molecule has 1 N–H and O–H groups in total. The van der Waals surface area contributed by atoms with Gasteiger partial charge in [-0.25, -0.2) is 0 Å². The molecule has 0 saturated carbocycles. The van der Waals surface area contributed by atoms with E-state index in [4.69, 9.17) is 14.2 Å². The van der Waals surface area contributed by atoms with Crippen molar-refractivity contribution in [3.8, 4) is 11.5 Å². The monoisotopic (exact) mass is 235 g/mol. The molecular formula is C13H17NO3. The number of likely N-dealkylation sites (N-methyl/N-ethyl adjacent to an activating group) is 1. The van der Waals surface area contributed by atoms with Crippen molar-refractivity contribution in [3.05, 3.63) is 23.8 Å². The lowest BCUT2D eigenvalue weighted by Gasteiger charge is -2.41. The normalized spacial score (nSPS) is 21.5. The van der Waals surface area contributed by atoms with Crippen LogP contribution >= 0.6 is 0 Å². The molecule has 2 heterocycles. The van der Waals surface area contributed by atoms with Crippen molar-refractivity contribution >= 4 is 0 Å². The molecule has 0 atom stereocenters. The fourth-order valence-electron chi connectivity index (χ4n) is 2.22. The van der Waals surface area contributed by atoms with Crippen LogP contribution in [0.25, 0.3) is 0 Å². The largest absolute Gasteiger partial charge is 0.490 e. The molecular weight excluding hydrogens is 218 g/mol. The number of hydrogen-bond donors (Lipinski definition) is 1. The highest BCUT2D eigenvalue weighted by molar-refractivity contribution is 5.46. The molecule has 3 rings (SSSR count). The van der Waals surface area contributed by atoms with Gasteiger partial charge in [-0.3, -0.25) is 0 Å². The van der Waals surface area contributed by atoms with E-state index in [1.54, 1.807) is 0 Å². The molecule has 1 aromatic carbocycles. The van der Waals surface area contributed by atoms with Gasteiger partial charge < -0.3 is 19.5 Å². The first-order valence-corrected chi connectivity index (χ1v) is 6.01. The van der Waals surface area contributed by atoms with Crippen LogP contribution in [-0.4, -0.2) is 33.5 Å². The predicted octanol–water partition coefficient (Wildman–Crippen LogP) is 1.29. The lowest BCUT2D eigenvalue weighted by molar-refractivity contribution is -0.0748. The summed E-state index contributed by atoms with van der Waals surface area (Å²) in [5, 5.41) is 3.33. The Kier molecular flexibility index (Phi) is 2.68. The average molecular weight is 235 g/mol. The van der Waals surface area contributed by atoms with Crippen LogP contribution in [0.15, 0.2) is 18.2 Å². The van der Waals surface area contributed by atoms with Gasteiger partial charge in [0.05, 0.1) is 32.0 Å². The number of benzene rings is 1. The molecule has 0 unspecified atom stereocenters. The highest BCUT2D eigenvalue weighted by Gasteiger charge is 2.39. The Balaban J connectivity index is 1.94. The van der Waals surface area contributed by atoms with Gasteiger partial charge in [-0.1, -0.05) is 6.07 Å². The highest BCUT2D eigenvalue weighted by atomic mass is 16.5. The smallest absolute Gasteiger partial charge is 0.161 e. The Morgan fingerprint density at radius 3 is 2.53 bits per heavy atom. The molecule has 0 aliphatic carbocycles. The maximum atomic E-state index is 5.70. The van der Waals surface area contributed by atoms with Crippen LogP contribution in [0.5, 0.6) is 11.5 Å².